The van der Waals surface area contributed by atoms with Gasteiger partial charge in [0.1, 0.15) is 0 Å². The second kappa shape index (κ2) is 6.21. The molecule has 1 aromatic carbocycles. The van der Waals surface area contributed by atoms with Crippen LogP contribution >= 0.6 is 0 Å². The van der Waals surface area contributed by atoms with Crippen LogP contribution in [0.4, 0.5) is 5.69 Å². The normalized spacial score (nSPS) is 6.67. The summed E-state index contributed by atoms with van der Waals surface area (Å²) >= 11 is 0. The largest absolute Gasteiger partial charge is 1.00 e. The van der Waals surface area contributed by atoms with E-state index in [4.69, 9.17) is 5.73 Å². The fraction of sp³-hybridized carbons (Fsp3) is 0. The van der Waals surface area contributed by atoms with Crippen LogP contribution in [0.25, 0.3) is 0 Å². The molecule has 0 spiro atoms. The molecule has 1 nitrogen and oxygen atoms in total. The van der Waals surface area contributed by atoms with Crippen molar-refractivity contribution in [3.63, 3.8) is 0 Å². The first-order chi connectivity index (χ1) is 3.39. The summed E-state index contributed by atoms with van der Waals surface area (Å²) in [7, 11) is 0. The van der Waals surface area contributed by atoms with E-state index in [0.717, 1.165) is 5.69 Å². The van der Waals surface area contributed by atoms with Crippen LogP contribution in [0, 0.1) is 0 Å². The second-order valence-electron chi connectivity index (χ2n) is 1.41. The average molecular weight is 131 g/mol. The Labute approximate surface area is 79.5 Å². The molecule has 3 heteroatoms. The van der Waals surface area contributed by atoms with E-state index < -0.39 is 0 Å². The number of para-hydroxylation sites is 1. The van der Waals surface area contributed by atoms with Gasteiger partial charge in [0.05, 0.1) is 0 Å². The topological polar surface area (TPSA) is 26.0 Å². The Morgan fingerprint density at radius 3 is 1.67 bits per heavy atom. The van der Waals surface area contributed by atoms with Gasteiger partial charge in [0.15, 0.2) is 0 Å². The number of anilines is 1. The summed E-state index contributed by atoms with van der Waals surface area (Å²) < 4.78 is 0. The third kappa shape index (κ3) is 4.58. The molecule has 0 saturated heterocycles. The molecule has 0 heterocycles. The zero-order valence-corrected chi connectivity index (χ0v) is 6.96. The van der Waals surface area contributed by atoms with Crippen molar-refractivity contribution in [2.75, 3.05) is 5.73 Å². The first-order valence-corrected chi connectivity index (χ1v) is 2.20. The van der Waals surface area contributed by atoms with Gasteiger partial charge in [-0.15, -0.1) is 0 Å². The third-order valence-corrected chi connectivity index (χ3v) is 0.800. The molecule has 0 unspecified atom stereocenters. The minimum Gasteiger partial charge on any atom is -0.399 e. The Hall–Kier alpha value is 0.0849. The van der Waals surface area contributed by atoms with E-state index in [9.17, 15) is 0 Å². The molecular formula is C6H11BNNa. The van der Waals surface area contributed by atoms with Crippen LogP contribution in [0.2, 0.25) is 0 Å². The summed E-state index contributed by atoms with van der Waals surface area (Å²) in [5.74, 6) is 0. The Bertz CT molecular complexity index is 143. The SMILES string of the molecule is Nc1ccccc1.[BH4-].[Na+]. The number of hydrogen-bond acceptors (Lipinski definition) is 1. The maximum atomic E-state index is 5.36. The smallest absolute Gasteiger partial charge is 0.399 e. The second-order valence-corrected chi connectivity index (χ2v) is 1.41. The number of nitrogens with two attached hydrogens (primary N) is 1. The molecule has 0 amide bonds. The maximum Gasteiger partial charge on any atom is 1.00 e. The molecule has 9 heavy (non-hydrogen) atoms. The quantitative estimate of drug-likeness (QED) is 0.291. The average Bonchev–Trinajstić information content (AvgIpc) is 1.69. The van der Waals surface area contributed by atoms with Gasteiger partial charge in [-0.1, -0.05) is 26.6 Å². The first-order valence-electron chi connectivity index (χ1n) is 2.20. The summed E-state index contributed by atoms with van der Waals surface area (Å²) in [4.78, 5) is 0. The Morgan fingerprint density at radius 1 is 1.00 bits per heavy atom. The molecular weight excluding hydrogens is 120 g/mol. The minimum absolute atomic E-state index is 0. The monoisotopic (exact) mass is 131 g/mol. The maximum absolute atomic E-state index is 5.36. The molecule has 44 valence electrons. The molecule has 1 aromatic rings. The molecule has 0 aliphatic rings. The van der Waals surface area contributed by atoms with Gasteiger partial charge in [-0.3, -0.25) is 0 Å². The number of rotatable bonds is 0. The fourth-order valence-electron chi connectivity index (χ4n) is 0.453. The van der Waals surface area contributed by atoms with Crippen molar-refractivity contribution in [1.29, 1.82) is 0 Å². The van der Waals surface area contributed by atoms with E-state index in [1.54, 1.807) is 0 Å². The van der Waals surface area contributed by atoms with Gasteiger partial charge in [-0.2, -0.15) is 0 Å². The third-order valence-electron chi connectivity index (χ3n) is 0.800. The molecule has 0 fully saturated rings. The van der Waals surface area contributed by atoms with E-state index in [0.29, 0.717) is 0 Å². The number of nitrogen functional groups attached to an aromatic ring is 1. The molecule has 0 aliphatic carbocycles. The Kier molecular flexibility index (Phi) is 8.16. The van der Waals surface area contributed by atoms with Crippen LogP contribution in [0.5, 0.6) is 0 Å². The summed E-state index contributed by atoms with van der Waals surface area (Å²) in [6.07, 6.45) is 0. The van der Waals surface area contributed by atoms with E-state index >= 15 is 0 Å². The van der Waals surface area contributed by atoms with Crippen LogP contribution in [0.15, 0.2) is 30.3 Å². The molecule has 0 atom stereocenters. The van der Waals surface area contributed by atoms with Crippen molar-refractivity contribution in [1.82, 2.24) is 0 Å². The van der Waals surface area contributed by atoms with Crippen LogP contribution in [-0.4, -0.2) is 8.41 Å². The van der Waals surface area contributed by atoms with Crippen molar-refractivity contribution in [3.05, 3.63) is 30.3 Å². The van der Waals surface area contributed by atoms with Crippen LogP contribution < -0.4 is 35.3 Å². The van der Waals surface area contributed by atoms with Gasteiger partial charge in [0, 0.05) is 5.69 Å². The van der Waals surface area contributed by atoms with Crippen molar-refractivity contribution in [3.8, 4) is 0 Å². The van der Waals surface area contributed by atoms with E-state index in [1.807, 2.05) is 30.3 Å². The van der Waals surface area contributed by atoms with E-state index in [1.165, 1.54) is 0 Å². The summed E-state index contributed by atoms with van der Waals surface area (Å²) in [6, 6.07) is 9.49. The molecule has 0 radical (unpaired) electrons. The zero-order chi connectivity index (χ0) is 5.11. The molecule has 1 rings (SSSR count). The van der Waals surface area contributed by atoms with Gasteiger partial charge in [-0.05, 0) is 12.1 Å². The minimum atomic E-state index is 0. The van der Waals surface area contributed by atoms with E-state index in [2.05, 4.69) is 0 Å². The molecule has 2 N–H and O–H groups in total. The Balaban J connectivity index is 0. The summed E-state index contributed by atoms with van der Waals surface area (Å²) in [5, 5.41) is 0. The molecule has 0 aliphatic heterocycles. The van der Waals surface area contributed by atoms with Gasteiger partial charge < -0.3 is 5.73 Å². The van der Waals surface area contributed by atoms with Crippen molar-refractivity contribution < 1.29 is 29.6 Å². The summed E-state index contributed by atoms with van der Waals surface area (Å²) in [5.41, 5.74) is 6.18. The van der Waals surface area contributed by atoms with E-state index in [-0.39, 0.29) is 38.0 Å². The molecule has 0 bridgehead atoms. The van der Waals surface area contributed by atoms with Crippen molar-refractivity contribution in [2.24, 2.45) is 0 Å². The van der Waals surface area contributed by atoms with Gasteiger partial charge in [-0.25, -0.2) is 0 Å². The van der Waals surface area contributed by atoms with Gasteiger partial charge in [0.25, 0.3) is 0 Å². The van der Waals surface area contributed by atoms with Gasteiger partial charge in [0.2, 0.25) is 0 Å². The Morgan fingerprint density at radius 2 is 1.44 bits per heavy atom. The predicted octanol–water partition coefficient (Wildman–Crippen LogP) is -3.18. The first kappa shape index (κ1) is 11.8. The molecule has 0 saturated carbocycles. The fourth-order valence-corrected chi connectivity index (χ4v) is 0.453. The zero-order valence-electron chi connectivity index (χ0n) is 4.96. The standard InChI is InChI=1S/C6H7N.BH4.Na/c7-6-4-2-1-3-5-6;;/h1-5H,7H2;1H4;/q;-1;+1. The molecule has 0 aromatic heterocycles. The van der Waals surface area contributed by atoms with Gasteiger partial charge >= 0.3 is 29.6 Å². The van der Waals surface area contributed by atoms with Crippen molar-refractivity contribution >= 4 is 14.1 Å². The predicted molar refractivity (Wildman–Crippen MR) is 42.2 cm³/mol. The number of benzene rings is 1. The summed E-state index contributed by atoms with van der Waals surface area (Å²) in [6.45, 7) is 0. The number of hydrogen-bond donors (Lipinski definition) is 1. The van der Waals surface area contributed by atoms with Crippen LogP contribution in [0.1, 0.15) is 0 Å². The van der Waals surface area contributed by atoms with Crippen LogP contribution in [-0.2, 0) is 0 Å². The van der Waals surface area contributed by atoms with Crippen molar-refractivity contribution in [2.45, 2.75) is 0 Å². The van der Waals surface area contributed by atoms with Crippen LogP contribution in [0.3, 0.4) is 0 Å².